The van der Waals surface area contributed by atoms with E-state index in [0.717, 1.165) is 19.4 Å². The summed E-state index contributed by atoms with van der Waals surface area (Å²) in [5, 5.41) is 9.01. The molecule has 1 atom stereocenters. The number of ether oxygens (including phenoxy) is 2. The molecule has 1 aromatic carbocycles. The van der Waals surface area contributed by atoms with E-state index >= 15 is 0 Å². The lowest BCUT2D eigenvalue weighted by molar-refractivity contribution is -0.119. The fraction of sp³-hybridized carbons (Fsp3) is 0.381. The highest BCUT2D eigenvalue weighted by Gasteiger charge is 2.54. The Kier molecular flexibility index (Phi) is 4.78. The van der Waals surface area contributed by atoms with Crippen molar-refractivity contribution in [2.24, 2.45) is 5.92 Å². The molecule has 0 bridgehead atoms. The van der Waals surface area contributed by atoms with Crippen molar-refractivity contribution < 1.29 is 14.3 Å². The predicted octanol–water partition coefficient (Wildman–Crippen LogP) is 2.65. The Morgan fingerprint density at radius 2 is 2.22 bits per heavy atom. The minimum Gasteiger partial charge on any atom is -0.478 e. The van der Waals surface area contributed by atoms with Gasteiger partial charge in [-0.1, -0.05) is 12.1 Å². The number of carbonyl (C=O) groups excluding carboxylic acids is 1. The number of benzene rings is 1. The van der Waals surface area contributed by atoms with Crippen molar-refractivity contribution in [1.29, 1.82) is 5.26 Å². The van der Waals surface area contributed by atoms with Crippen molar-refractivity contribution in [2.45, 2.75) is 18.4 Å². The lowest BCUT2D eigenvalue weighted by Gasteiger charge is -2.50. The molecule has 27 heavy (non-hydrogen) atoms. The van der Waals surface area contributed by atoms with Gasteiger partial charge in [-0.05, 0) is 43.0 Å². The summed E-state index contributed by atoms with van der Waals surface area (Å²) in [6.45, 7) is 2.50. The molecule has 1 amide bonds. The number of rotatable bonds is 5. The molecule has 0 saturated carbocycles. The molecule has 3 heterocycles. The van der Waals surface area contributed by atoms with E-state index in [1.807, 2.05) is 18.2 Å². The first kappa shape index (κ1) is 17.5. The highest BCUT2D eigenvalue weighted by Crippen LogP contribution is 2.42. The van der Waals surface area contributed by atoms with Crippen LogP contribution in [0, 0.1) is 17.2 Å². The number of aromatic nitrogens is 1. The average molecular weight is 363 g/mol. The van der Waals surface area contributed by atoms with Crippen molar-refractivity contribution >= 4 is 5.91 Å². The van der Waals surface area contributed by atoms with E-state index in [0.29, 0.717) is 42.6 Å². The van der Waals surface area contributed by atoms with Crippen LogP contribution in [0.2, 0.25) is 0 Å². The molecule has 138 valence electrons. The minimum absolute atomic E-state index is 0.0447. The third kappa shape index (κ3) is 3.51. The number of likely N-dealkylation sites (tertiary alicyclic amines) is 1. The Bertz CT molecular complexity index is 856. The van der Waals surface area contributed by atoms with Gasteiger partial charge >= 0.3 is 0 Å². The number of nitrogens with zero attached hydrogens (tertiary/aromatic N) is 3. The van der Waals surface area contributed by atoms with Crippen LogP contribution in [0.3, 0.4) is 0 Å². The fourth-order valence-electron chi connectivity index (χ4n) is 3.93. The molecule has 0 radical (unpaired) electrons. The van der Waals surface area contributed by atoms with Gasteiger partial charge in [-0.25, -0.2) is 4.98 Å². The maximum Gasteiger partial charge on any atom is 0.254 e. The highest BCUT2D eigenvalue weighted by atomic mass is 16.5. The second kappa shape index (κ2) is 7.37. The molecule has 6 nitrogen and oxygen atoms in total. The van der Waals surface area contributed by atoms with Gasteiger partial charge in [-0.15, -0.1) is 0 Å². The molecule has 2 aromatic rings. The van der Waals surface area contributed by atoms with Gasteiger partial charge in [0.25, 0.3) is 5.91 Å². The standard InChI is InChI=1S/C21H21N3O3/c22-13-16-4-3-5-17(12-16)20(25)24-14-21(15-24)18(8-11-27-21)7-10-26-19-6-1-2-9-23-19/h1-6,9,12,18H,7-8,10-11,14-15H2/t18-/m1/s1. The van der Waals surface area contributed by atoms with E-state index in [-0.39, 0.29) is 11.5 Å². The molecule has 1 spiro atoms. The average Bonchev–Trinajstić information content (AvgIpc) is 3.11. The van der Waals surface area contributed by atoms with Crippen LogP contribution < -0.4 is 4.74 Å². The summed E-state index contributed by atoms with van der Waals surface area (Å²) in [6.07, 6.45) is 3.58. The third-order valence-corrected chi connectivity index (χ3v) is 5.40. The number of carbonyl (C=O) groups is 1. The lowest BCUT2D eigenvalue weighted by Crippen LogP contribution is -2.66. The van der Waals surface area contributed by atoms with Gasteiger partial charge in [0.05, 0.1) is 31.3 Å². The Morgan fingerprint density at radius 3 is 3.00 bits per heavy atom. The van der Waals surface area contributed by atoms with Crippen molar-refractivity contribution in [1.82, 2.24) is 9.88 Å². The van der Waals surface area contributed by atoms with E-state index < -0.39 is 0 Å². The molecule has 4 rings (SSSR count). The Hall–Kier alpha value is -2.91. The maximum absolute atomic E-state index is 12.7. The van der Waals surface area contributed by atoms with Crippen LogP contribution in [-0.4, -0.2) is 47.7 Å². The zero-order valence-corrected chi connectivity index (χ0v) is 15.0. The van der Waals surface area contributed by atoms with Crippen LogP contribution >= 0.6 is 0 Å². The molecule has 2 saturated heterocycles. The third-order valence-electron chi connectivity index (χ3n) is 5.40. The number of hydrogen-bond donors (Lipinski definition) is 0. The molecular formula is C21H21N3O3. The van der Waals surface area contributed by atoms with Crippen LogP contribution in [0.4, 0.5) is 0 Å². The summed E-state index contributed by atoms with van der Waals surface area (Å²) in [5.41, 5.74) is 0.797. The quantitative estimate of drug-likeness (QED) is 0.816. The molecule has 1 aromatic heterocycles. The summed E-state index contributed by atoms with van der Waals surface area (Å²) in [5.74, 6) is 0.959. The van der Waals surface area contributed by atoms with E-state index in [1.54, 1.807) is 35.4 Å². The van der Waals surface area contributed by atoms with Crippen molar-refractivity contribution in [3.05, 3.63) is 59.8 Å². The first-order chi connectivity index (χ1) is 13.2. The van der Waals surface area contributed by atoms with Crippen LogP contribution in [-0.2, 0) is 4.74 Å². The summed E-state index contributed by atoms with van der Waals surface area (Å²) < 4.78 is 11.8. The molecule has 2 aliphatic rings. The zero-order chi connectivity index (χ0) is 18.7. The van der Waals surface area contributed by atoms with Crippen molar-refractivity contribution in [2.75, 3.05) is 26.3 Å². The van der Waals surface area contributed by atoms with Gasteiger partial charge in [0, 0.05) is 24.4 Å². The molecule has 6 heteroatoms. The van der Waals surface area contributed by atoms with Crippen LogP contribution in [0.25, 0.3) is 0 Å². The first-order valence-electron chi connectivity index (χ1n) is 9.17. The predicted molar refractivity (Wildman–Crippen MR) is 98.2 cm³/mol. The topological polar surface area (TPSA) is 75.5 Å². The van der Waals surface area contributed by atoms with Gasteiger partial charge in [0.2, 0.25) is 5.88 Å². The van der Waals surface area contributed by atoms with E-state index in [4.69, 9.17) is 14.7 Å². The van der Waals surface area contributed by atoms with Crippen LogP contribution in [0.5, 0.6) is 5.88 Å². The molecular weight excluding hydrogens is 342 g/mol. The van der Waals surface area contributed by atoms with Crippen molar-refractivity contribution in [3.8, 4) is 11.9 Å². The second-order valence-electron chi connectivity index (χ2n) is 7.06. The lowest BCUT2D eigenvalue weighted by atomic mass is 9.79. The summed E-state index contributed by atoms with van der Waals surface area (Å²) >= 11 is 0. The molecule has 0 aliphatic carbocycles. The fourth-order valence-corrected chi connectivity index (χ4v) is 3.93. The number of amides is 1. The van der Waals surface area contributed by atoms with Gasteiger partial charge in [0.15, 0.2) is 0 Å². The molecule has 0 unspecified atom stereocenters. The smallest absolute Gasteiger partial charge is 0.254 e. The van der Waals surface area contributed by atoms with Gasteiger partial charge in [-0.2, -0.15) is 5.26 Å². The second-order valence-corrected chi connectivity index (χ2v) is 7.06. The highest BCUT2D eigenvalue weighted by molar-refractivity contribution is 5.95. The zero-order valence-electron chi connectivity index (χ0n) is 15.0. The summed E-state index contributed by atoms with van der Waals surface area (Å²) in [6, 6.07) is 14.5. The largest absolute Gasteiger partial charge is 0.478 e. The van der Waals surface area contributed by atoms with Crippen molar-refractivity contribution in [3.63, 3.8) is 0 Å². The van der Waals surface area contributed by atoms with Gasteiger partial charge in [0.1, 0.15) is 5.60 Å². The Balaban J connectivity index is 1.33. The van der Waals surface area contributed by atoms with E-state index in [9.17, 15) is 4.79 Å². The summed E-state index contributed by atoms with van der Waals surface area (Å²) in [4.78, 5) is 18.6. The normalized spacial score (nSPS) is 20.1. The van der Waals surface area contributed by atoms with E-state index in [2.05, 4.69) is 11.1 Å². The molecule has 2 fully saturated rings. The summed E-state index contributed by atoms with van der Waals surface area (Å²) in [7, 11) is 0. The molecule has 0 N–H and O–H groups in total. The van der Waals surface area contributed by atoms with Gasteiger partial charge in [-0.3, -0.25) is 4.79 Å². The number of pyridine rings is 1. The Labute approximate surface area is 158 Å². The van der Waals surface area contributed by atoms with Gasteiger partial charge < -0.3 is 14.4 Å². The maximum atomic E-state index is 12.7. The minimum atomic E-state index is -0.254. The monoisotopic (exact) mass is 363 g/mol. The van der Waals surface area contributed by atoms with E-state index in [1.165, 1.54) is 0 Å². The Morgan fingerprint density at radius 1 is 1.33 bits per heavy atom. The van der Waals surface area contributed by atoms with Crippen LogP contribution in [0.1, 0.15) is 28.8 Å². The number of hydrogen-bond acceptors (Lipinski definition) is 5. The number of nitriles is 1. The SMILES string of the molecule is N#Cc1cccc(C(=O)N2CC3(C2)OCC[C@H]3CCOc2ccccn2)c1. The first-order valence-corrected chi connectivity index (χ1v) is 9.17. The molecule has 2 aliphatic heterocycles. The van der Waals surface area contributed by atoms with Crippen LogP contribution in [0.15, 0.2) is 48.7 Å².